The molecule has 0 spiro atoms. The van der Waals surface area contributed by atoms with Gasteiger partial charge in [0.05, 0.1) is 5.57 Å². The summed E-state index contributed by atoms with van der Waals surface area (Å²) >= 11 is 1.38. The van der Waals surface area contributed by atoms with Crippen molar-refractivity contribution in [2.24, 2.45) is 0 Å². The maximum atomic E-state index is 13.4. The number of hydrogen-bond acceptors (Lipinski definition) is 5. The second-order valence-corrected chi connectivity index (χ2v) is 8.20. The smallest absolute Gasteiger partial charge is 0.290 e. The van der Waals surface area contributed by atoms with Gasteiger partial charge < -0.3 is 14.4 Å². The first kappa shape index (κ1) is 19.3. The van der Waals surface area contributed by atoms with Crippen LogP contribution in [0.5, 0.6) is 0 Å². The van der Waals surface area contributed by atoms with E-state index in [0.29, 0.717) is 11.1 Å². The lowest BCUT2D eigenvalue weighted by Crippen LogP contribution is -2.30. The molecule has 1 amide bonds. The number of benzene rings is 2. The quantitative estimate of drug-likeness (QED) is 0.427. The van der Waals surface area contributed by atoms with Crippen molar-refractivity contribution < 1.29 is 23.5 Å². The van der Waals surface area contributed by atoms with E-state index in [-0.39, 0.29) is 23.7 Å². The molecule has 7 heteroatoms. The van der Waals surface area contributed by atoms with Gasteiger partial charge in [0, 0.05) is 16.8 Å². The summed E-state index contributed by atoms with van der Waals surface area (Å²) in [5.41, 5.74) is 1.21. The number of ketones is 1. The van der Waals surface area contributed by atoms with Crippen molar-refractivity contribution in [2.45, 2.75) is 12.6 Å². The van der Waals surface area contributed by atoms with Gasteiger partial charge in [-0.25, -0.2) is 4.39 Å². The van der Waals surface area contributed by atoms with Crippen LogP contribution in [0.25, 0.3) is 11.0 Å². The minimum absolute atomic E-state index is 0.0198. The molecular weight excluding hydrogens is 417 g/mol. The molecule has 0 bridgehead atoms. The number of aliphatic hydroxyl groups excluding tert-OH is 1. The van der Waals surface area contributed by atoms with Crippen molar-refractivity contribution in [3.63, 3.8) is 0 Å². The second kappa shape index (κ2) is 7.52. The predicted octanol–water partition coefficient (Wildman–Crippen LogP) is 5.41. The Labute approximate surface area is 180 Å². The lowest BCUT2D eigenvalue weighted by molar-refractivity contribution is -0.130. The zero-order chi connectivity index (χ0) is 21.5. The number of carbonyl (C=O) groups is 2. The average Bonchev–Trinajstić information content (AvgIpc) is 3.50. The summed E-state index contributed by atoms with van der Waals surface area (Å²) in [6, 6.07) is 17.4. The van der Waals surface area contributed by atoms with Crippen LogP contribution < -0.4 is 0 Å². The largest absolute Gasteiger partial charge is 0.503 e. The Morgan fingerprint density at radius 2 is 1.87 bits per heavy atom. The van der Waals surface area contributed by atoms with Crippen LogP contribution in [0, 0.1) is 5.82 Å². The highest BCUT2D eigenvalue weighted by Gasteiger charge is 2.45. The molecule has 3 heterocycles. The van der Waals surface area contributed by atoms with Crippen molar-refractivity contribution in [1.82, 2.24) is 4.90 Å². The number of para-hydroxylation sites is 1. The number of nitrogens with zero attached hydrogens (tertiary/aromatic N) is 1. The van der Waals surface area contributed by atoms with E-state index >= 15 is 0 Å². The summed E-state index contributed by atoms with van der Waals surface area (Å²) in [7, 11) is 0. The highest BCUT2D eigenvalue weighted by atomic mass is 32.1. The summed E-state index contributed by atoms with van der Waals surface area (Å²) in [5.74, 6) is -2.11. The van der Waals surface area contributed by atoms with Gasteiger partial charge in [0.15, 0.2) is 11.5 Å². The summed E-state index contributed by atoms with van der Waals surface area (Å²) in [5, 5.41) is 13.3. The number of furan rings is 1. The van der Waals surface area contributed by atoms with Crippen molar-refractivity contribution in [3.8, 4) is 0 Å². The fourth-order valence-corrected chi connectivity index (χ4v) is 4.65. The number of hydrogen-bond donors (Lipinski definition) is 1. The zero-order valence-corrected chi connectivity index (χ0v) is 16.9. The molecule has 0 saturated heterocycles. The van der Waals surface area contributed by atoms with Crippen molar-refractivity contribution in [1.29, 1.82) is 0 Å². The van der Waals surface area contributed by atoms with Crippen molar-refractivity contribution in [3.05, 3.63) is 105 Å². The molecule has 0 fully saturated rings. The topological polar surface area (TPSA) is 70.8 Å². The van der Waals surface area contributed by atoms with Gasteiger partial charge in [-0.3, -0.25) is 9.59 Å². The van der Waals surface area contributed by atoms with Crippen LogP contribution in [-0.2, 0) is 11.3 Å². The summed E-state index contributed by atoms with van der Waals surface area (Å²) in [6.07, 6.45) is 0. The minimum atomic E-state index is -0.765. The molecule has 2 aromatic carbocycles. The molecular formula is C24H16FNO4S. The third-order valence-electron chi connectivity index (χ3n) is 5.28. The Bertz CT molecular complexity index is 1290. The van der Waals surface area contributed by atoms with E-state index in [4.69, 9.17) is 4.42 Å². The summed E-state index contributed by atoms with van der Waals surface area (Å²) in [4.78, 5) is 28.5. The van der Waals surface area contributed by atoms with Gasteiger partial charge in [0.2, 0.25) is 5.78 Å². The van der Waals surface area contributed by atoms with Gasteiger partial charge >= 0.3 is 0 Å². The van der Waals surface area contributed by atoms with Gasteiger partial charge in [0.25, 0.3) is 5.91 Å². The van der Waals surface area contributed by atoms with Crippen LogP contribution in [-0.4, -0.2) is 21.7 Å². The van der Waals surface area contributed by atoms with E-state index in [1.165, 1.54) is 28.4 Å². The van der Waals surface area contributed by atoms with E-state index in [0.717, 1.165) is 10.3 Å². The molecule has 154 valence electrons. The molecule has 2 aromatic heterocycles. The third kappa shape index (κ3) is 3.33. The molecule has 1 atom stereocenters. The van der Waals surface area contributed by atoms with Gasteiger partial charge in [-0.15, -0.1) is 11.3 Å². The van der Waals surface area contributed by atoms with Crippen LogP contribution >= 0.6 is 11.3 Å². The maximum absolute atomic E-state index is 13.4. The SMILES string of the molecule is O=C(C1=C(O)C(=O)N(Cc2ccc(F)cc2)C1c1cccs1)c1cc2ccccc2o1. The number of fused-ring (bicyclic) bond motifs is 1. The maximum Gasteiger partial charge on any atom is 0.290 e. The van der Waals surface area contributed by atoms with Crippen molar-refractivity contribution >= 4 is 34.0 Å². The molecule has 1 unspecified atom stereocenters. The molecule has 0 aliphatic carbocycles. The lowest BCUT2D eigenvalue weighted by Gasteiger charge is -2.25. The summed E-state index contributed by atoms with van der Waals surface area (Å²) in [6.45, 7) is 0.114. The Hall–Kier alpha value is -3.71. The molecule has 5 rings (SSSR count). The number of amides is 1. The van der Waals surface area contributed by atoms with E-state index < -0.39 is 23.5 Å². The van der Waals surface area contributed by atoms with Crippen molar-refractivity contribution in [2.75, 3.05) is 0 Å². The molecule has 5 nitrogen and oxygen atoms in total. The minimum Gasteiger partial charge on any atom is -0.503 e. The van der Waals surface area contributed by atoms with E-state index in [1.54, 1.807) is 30.3 Å². The van der Waals surface area contributed by atoms with Gasteiger partial charge in [-0.2, -0.15) is 0 Å². The highest BCUT2D eigenvalue weighted by Crippen LogP contribution is 2.42. The van der Waals surface area contributed by atoms with Crippen LogP contribution in [0.15, 0.2) is 87.9 Å². The van der Waals surface area contributed by atoms with Crippen LogP contribution in [0.3, 0.4) is 0 Å². The first-order valence-corrected chi connectivity index (χ1v) is 10.5. The molecule has 0 saturated carbocycles. The second-order valence-electron chi connectivity index (χ2n) is 7.22. The number of aliphatic hydroxyl groups is 1. The van der Waals surface area contributed by atoms with Crippen LogP contribution in [0.1, 0.15) is 27.0 Å². The van der Waals surface area contributed by atoms with Crippen LogP contribution in [0.2, 0.25) is 0 Å². The Balaban J connectivity index is 1.56. The molecule has 4 aromatic rings. The number of carbonyl (C=O) groups excluding carboxylic acids is 2. The molecule has 1 N–H and O–H groups in total. The molecule has 1 aliphatic rings. The predicted molar refractivity (Wildman–Crippen MR) is 114 cm³/mol. The molecule has 1 aliphatic heterocycles. The number of thiophene rings is 1. The lowest BCUT2D eigenvalue weighted by atomic mass is 10.00. The van der Waals surface area contributed by atoms with Gasteiger partial charge in [-0.1, -0.05) is 36.4 Å². The van der Waals surface area contributed by atoms with E-state index in [2.05, 4.69) is 0 Å². The Morgan fingerprint density at radius 1 is 1.10 bits per heavy atom. The monoisotopic (exact) mass is 433 g/mol. The van der Waals surface area contributed by atoms with Crippen LogP contribution in [0.4, 0.5) is 4.39 Å². The fraction of sp³-hybridized carbons (Fsp3) is 0.0833. The normalized spacial score (nSPS) is 16.5. The van der Waals surface area contributed by atoms with Gasteiger partial charge in [0.1, 0.15) is 17.4 Å². The molecule has 0 radical (unpaired) electrons. The number of Topliss-reactive ketones (excluding diaryl/α,β-unsaturated/α-hetero) is 1. The first-order chi connectivity index (χ1) is 15.0. The average molecular weight is 433 g/mol. The third-order valence-corrected chi connectivity index (χ3v) is 6.20. The Morgan fingerprint density at radius 3 is 2.58 bits per heavy atom. The molecule has 31 heavy (non-hydrogen) atoms. The summed E-state index contributed by atoms with van der Waals surface area (Å²) < 4.78 is 19.0. The Kier molecular flexibility index (Phi) is 4.67. The van der Waals surface area contributed by atoms with E-state index in [9.17, 15) is 19.1 Å². The number of halogens is 1. The fourth-order valence-electron chi connectivity index (χ4n) is 3.80. The van der Waals surface area contributed by atoms with E-state index in [1.807, 2.05) is 29.6 Å². The first-order valence-electron chi connectivity index (χ1n) is 9.58. The van der Waals surface area contributed by atoms with Gasteiger partial charge in [-0.05, 0) is 41.3 Å². The zero-order valence-electron chi connectivity index (χ0n) is 16.1. The highest BCUT2D eigenvalue weighted by molar-refractivity contribution is 7.10. The number of rotatable bonds is 5. The standard InChI is InChI=1S/C24H16FNO4S/c25-16-9-7-14(8-10-16)13-26-21(19-6-3-11-31-19)20(23(28)24(26)29)22(27)18-12-15-4-1-2-5-17(15)30-18/h1-12,21,28H,13H2.